The molecular weight excluding hydrogens is 416 g/mol. The van der Waals surface area contributed by atoms with Crippen LogP contribution in [0.15, 0.2) is 35.6 Å². The molecule has 1 amide bonds. The first-order valence-electron chi connectivity index (χ1n) is 10.4. The molecule has 30 heavy (non-hydrogen) atoms. The second kappa shape index (κ2) is 8.91. The molecular formula is C22H24N4O2S2. The lowest BCUT2D eigenvalue weighted by molar-refractivity contribution is -0.113. The Morgan fingerprint density at radius 3 is 2.90 bits per heavy atom. The van der Waals surface area contributed by atoms with Crippen molar-refractivity contribution in [1.82, 2.24) is 9.97 Å². The number of rotatable bonds is 5. The summed E-state index contributed by atoms with van der Waals surface area (Å²) in [6.45, 7) is 3.10. The van der Waals surface area contributed by atoms with Gasteiger partial charge in [0.05, 0.1) is 30.3 Å². The van der Waals surface area contributed by atoms with Crippen molar-refractivity contribution in [3.63, 3.8) is 0 Å². The van der Waals surface area contributed by atoms with Crippen LogP contribution in [-0.2, 0) is 22.4 Å². The first-order chi connectivity index (χ1) is 14.8. The highest BCUT2D eigenvalue weighted by Gasteiger charge is 2.21. The predicted molar refractivity (Wildman–Crippen MR) is 123 cm³/mol. The fourth-order valence-corrected chi connectivity index (χ4v) is 6.27. The largest absolute Gasteiger partial charge is 0.378 e. The molecule has 0 atom stereocenters. The van der Waals surface area contributed by atoms with E-state index in [1.807, 2.05) is 18.2 Å². The van der Waals surface area contributed by atoms with E-state index in [4.69, 9.17) is 4.74 Å². The molecule has 8 heteroatoms. The van der Waals surface area contributed by atoms with Crippen molar-refractivity contribution in [2.75, 3.05) is 42.3 Å². The molecule has 1 saturated heterocycles. The Bertz CT molecular complexity index is 1060. The van der Waals surface area contributed by atoms with Crippen LogP contribution in [0.25, 0.3) is 10.2 Å². The number of thiophene rings is 1. The van der Waals surface area contributed by atoms with E-state index < -0.39 is 0 Å². The summed E-state index contributed by atoms with van der Waals surface area (Å²) in [6, 6.07) is 7.98. The molecule has 5 rings (SSSR count). The van der Waals surface area contributed by atoms with Crippen LogP contribution in [0.5, 0.6) is 0 Å². The number of hydrogen-bond acceptors (Lipinski definition) is 7. The maximum Gasteiger partial charge on any atom is 0.234 e. The lowest BCUT2D eigenvalue weighted by atomic mass is 9.97. The number of ether oxygens (including phenoxy) is 1. The van der Waals surface area contributed by atoms with E-state index in [2.05, 4.69) is 26.3 Å². The Hall–Kier alpha value is -2.16. The molecule has 0 radical (unpaired) electrons. The Morgan fingerprint density at radius 1 is 1.17 bits per heavy atom. The van der Waals surface area contributed by atoms with Gasteiger partial charge in [-0.25, -0.2) is 9.97 Å². The van der Waals surface area contributed by atoms with Gasteiger partial charge in [0, 0.05) is 23.4 Å². The number of carbonyl (C=O) groups excluding carboxylic acids is 1. The molecule has 0 spiro atoms. The number of aromatic nitrogens is 2. The molecule has 2 aromatic heterocycles. The smallest absolute Gasteiger partial charge is 0.234 e. The Labute approximate surface area is 184 Å². The summed E-state index contributed by atoms with van der Waals surface area (Å²) in [6.07, 6.45) is 6.32. The number of carbonyl (C=O) groups is 1. The minimum atomic E-state index is -0.0171. The van der Waals surface area contributed by atoms with E-state index in [9.17, 15) is 4.79 Å². The summed E-state index contributed by atoms with van der Waals surface area (Å²) in [5, 5.41) is 5.20. The van der Waals surface area contributed by atoms with Gasteiger partial charge in [0.2, 0.25) is 5.91 Å². The summed E-state index contributed by atoms with van der Waals surface area (Å²) in [5.41, 5.74) is 3.31. The molecule has 0 saturated carbocycles. The van der Waals surface area contributed by atoms with Gasteiger partial charge >= 0.3 is 0 Å². The number of amides is 1. The van der Waals surface area contributed by atoms with Crippen molar-refractivity contribution >= 4 is 50.6 Å². The summed E-state index contributed by atoms with van der Waals surface area (Å²) < 4.78 is 5.45. The standard InChI is InChI=1S/C22H24N4O2S2/c27-19(25-16-6-2-3-7-17(16)26-9-11-28-12-10-26)13-29-21-20-15-5-1-4-8-18(15)30-22(20)24-14-23-21/h2-3,6-7,14H,1,4-5,8-13H2,(H,25,27). The first kappa shape index (κ1) is 19.8. The van der Waals surface area contributed by atoms with Crippen molar-refractivity contribution < 1.29 is 9.53 Å². The summed E-state index contributed by atoms with van der Waals surface area (Å²) in [7, 11) is 0. The molecule has 156 valence electrons. The van der Waals surface area contributed by atoms with Crippen LogP contribution in [0, 0.1) is 0 Å². The first-order valence-corrected chi connectivity index (χ1v) is 12.2. The van der Waals surface area contributed by atoms with E-state index in [-0.39, 0.29) is 5.91 Å². The third-order valence-corrected chi connectivity index (χ3v) is 7.78. The molecule has 2 aliphatic rings. The van der Waals surface area contributed by atoms with Crippen LogP contribution >= 0.6 is 23.1 Å². The van der Waals surface area contributed by atoms with Gasteiger partial charge in [-0.3, -0.25) is 4.79 Å². The van der Waals surface area contributed by atoms with E-state index in [0.29, 0.717) is 19.0 Å². The minimum Gasteiger partial charge on any atom is -0.378 e. The summed E-state index contributed by atoms with van der Waals surface area (Å²) in [5.74, 6) is 0.310. The van der Waals surface area contributed by atoms with Crippen LogP contribution in [0.1, 0.15) is 23.3 Å². The second-order valence-electron chi connectivity index (χ2n) is 7.52. The number of thioether (sulfide) groups is 1. The highest BCUT2D eigenvalue weighted by Crippen LogP contribution is 2.39. The number of fused-ring (bicyclic) bond motifs is 3. The van der Waals surface area contributed by atoms with Gasteiger partial charge in [0.15, 0.2) is 0 Å². The minimum absolute atomic E-state index is 0.0171. The predicted octanol–water partition coefficient (Wildman–Crippen LogP) is 4.14. The molecule has 3 aromatic rings. The number of para-hydroxylation sites is 2. The second-order valence-corrected chi connectivity index (χ2v) is 9.57. The highest BCUT2D eigenvalue weighted by molar-refractivity contribution is 8.00. The third-order valence-electron chi connectivity index (χ3n) is 5.59. The maximum atomic E-state index is 12.8. The van der Waals surface area contributed by atoms with Gasteiger partial charge < -0.3 is 15.0 Å². The van der Waals surface area contributed by atoms with Gasteiger partial charge in [-0.2, -0.15) is 0 Å². The average Bonchev–Trinajstić information content (AvgIpc) is 3.18. The molecule has 3 heterocycles. The van der Waals surface area contributed by atoms with Gasteiger partial charge in [-0.1, -0.05) is 23.9 Å². The fraction of sp³-hybridized carbons (Fsp3) is 0.409. The maximum absolute atomic E-state index is 12.8. The number of hydrogen-bond donors (Lipinski definition) is 1. The van der Waals surface area contributed by atoms with Crippen LogP contribution in [0.2, 0.25) is 0 Å². The number of nitrogens with one attached hydrogen (secondary N) is 1. The lowest BCUT2D eigenvalue weighted by Gasteiger charge is -2.30. The van der Waals surface area contributed by atoms with Gasteiger partial charge in [-0.15, -0.1) is 11.3 Å². The molecule has 1 aliphatic carbocycles. The quantitative estimate of drug-likeness (QED) is 0.475. The number of aryl methyl sites for hydroxylation is 2. The Balaban J connectivity index is 1.30. The van der Waals surface area contributed by atoms with Gasteiger partial charge in [0.1, 0.15) is 16.2 Å². The molecule has 1 N–H and O–H groups in total. The number of nitrogens with zero attached hydrogens (tertiary/aromatic N) is 3. The Kier molecular flexibility index (Phi) is 5.88. The van der Waals surface area contributed by atoms with Crippen LogP contribution in [-0.4, -0.2) is 47.9 Å². The number of morpholine rings is 1. The van der Waals surface area contributed by atoms with Gasteiger partial charge in [0.25, 0.3) is 0 Å². The monoisotopic (exact) mass is 440 g/mol. The molecule has 1 aromatic carbocycles. The van der Waals surface area contributed by atoms with Crippen molar-refractivity contribution in [3.05, 3.63) is 41.0 Å². The van der Waals surface area contributed by atoms with Crippen molar-refractivity contribution in [2.24, 2.45) is 0 Å². The van der Waals surface area contributed by atoms with Gasteiger partial charge in [-0.05, 0) is 43.4 Å². The van der Waals surface area contributed by atoms with E-state index in [0.717, 1.165) is 47.2 Å². The van der Waals surface area contributed by atoms with Crippen molar-refractivity contribution in [1.29, 1.82) is 0 Å². The fourth-order valence-electron chi connectivity index (χ4n) is 4.15. The van der Waals surface area contributed by atoms with E-state index in [1.54, 1.807) is 17.7 Å². The van der Waals surface area contributed by atoms with Crippen LogP contribution in [0.4, 0.5) is 11.4 Å². The topological polar surface area (TPSA) is 67.4 Å². The molecule has 1 aliphatic heterocycles. The normalized spacial score (nSPS) is 16.5. The van der Waals surface area contributed by atoms with Crippen LogP contribution in [0.3, 0.4) is 0 Å². The molecule has 0 bridgehead atoms. The number of benzene rings is 1. The van der Waals surface area contributed by atoms with Crippen molar-refractivity contribution in [3.8, 4) is 0 Å². The van der Waals surface area contributed by atoms with E-state index in [1.165, 1.54) is 40.4 Å². The lowest BCUT2D eigenvalue weighted by Crippen LogP contribution is -2.36. The number of anilines is 2. The summed E-state index contributed by atoms with van der Waals surface area (Å²) in [4.78, 5) is 26.5. The SMILES string of the molecule is O=C(CSc1ncnc2sc3c(c12)CCCC3)Nc1ccccc1N1CCOCC1. The third kappa shape index (κ3) is 4.04. The highest BCUT2D eigenvalue weighted by atomic mass is 32.2. The molecule has 0 unspecified atom stereocenters. The average molecular weight is 441 g/mol. The zero-order valence-corrected chi connectivity index (χ0v) is 18.4. The van der Waals surface area contributed by atoms with E-state index >= 15 is 0 Å². The Morgan fingerprint density at radius 2 is 2.00 bits per heavy atom. The van der Waals surface area contributed by atoms with Crippen molar-refractivity contribution in [2.45, 2.75) is 30.7 Å². The van der Waals surface area contributed by atoms with Crippen LogP contribution < -0.4 is 10.2 Å². The molecule has 1 fully saturated rings. The zero-order chi connectivity index (χ0) is 20.3. The molecule has 6 nitrogen and oxygen atoms in total. The summed E-state index contributed by atoms with van der Waals surface area (Å²) >= 11 is 3.29. The zero-order valence-electron chi connectivity index (χ0n) is 16.7.